The predicted molar refractivity (Wildman–Crippen MR) is 105 cm³/mol. The number of carbonyl (C=O) groups excluding carboxylic acids is 1. The van der Waals surface area contributed by atoms with Crippen molar-refractivity contribution in [1.82, 2.24) is 15.0 Å². The Morgan fingerprint density at radius 1 is 1.38 bits per heavy atom. The molecule has 1 saturated heterocycles. The van der Waals surface area contributed by atoms with Crippen molar-refractivity contribution in [3.8, 4) is 17.3 Å². The van der Waals surface area contributed by atoms with E-state index in [1.165, 1.54) is 0 Å². The van der Waals surface area contributed by atoms with Crippen molar-refractivity contribution in [3.63, 3.8) is 0 Å². The molecule has 3 atom stereocenters. The van der Waals surface area contributed by atoms with Crippen LogP contribution in [0.25, 0.3) is 22.4 Å². The molecule has 2 aromatic heterocycles. The molecule has 3 unspecified atom stereocenters. The van der Waals surface area contributed by atoms with E-state index in [1.807, 2.05) is 0 Å². The summed E-state index contributed by atoms with van der Waals surface area (Å²) in [6, 6.07) is 8.42. The van der Waals surface area contributed by atoms with Crippen LogP contribution in [0.5, 0.6) is 6.01 Å². The van der Waals surface area contributed by atoms with Crippen LogP contribution in [0.2, 0.25) is 5.02 Å². The number of hydrogen-bond donors (Lipinski definition) is 4. The molecule has 1 fully saturated rings. The van der Waals surface area contributed by atoms with E-state index >= 15 is 0 Å². The Balaban J connectivity index is 1.60. The summed E-state index contributed by atoms with van der Waals surface area (Å²) in [5.74, 6) is -0.515. The zero-order chi connectivity index (χ0) is 20.5. The van der Waals surface area contributed by atoms with Gasteiger partial charge in [0, 0.05) is 17.5 Å². The number of nitrogens with zero attached hydrogens (tertiary/aromatic N) is 2. The topological polar surface area (TPSA) is 144 Å². The van der Waals surface area contributed by atoms with E-state index in [2.05, 4.69) is 15.0 Å². The standard InChI is InChI=1S/C19H19ClN4O5/c20-12-6-13-18(23-16(12)9-1-3-10(4-2-9)17(21)27)24-19(22-13)29-15(7-25)14-5-11(26)8-28-14/h1-4,6,11,14-15,25-26H,5,7-8H2,(H2,21,27)(H,22,23,24). The van der Waals surface area contributed by atoms with Gasteiger partial charge in [-0.25, -0.2) is 4.98 Å². The van der Waals surface area contributed by atoms with Gasteiger partial charge in [0.1, 0.15) is 5.52 Å². The molecule has 10 heteroatoms. The SMILES string of the molecule is NC(=O)c1ccc(-c2nc3[nH]c(OC(CO)C4CC(O)CO4)nc3cc2Cl)cc1. The van der Waals surface area contributed by atoms with Crippen LogP contribution < -0.4 is 10.5 Å². The van der Waals surface area contributed by atoms with Gasteiger partial charge in [0.15, 0.2) is 11.8 Å². The lowest BCUT2D eigenvalue weighted by Gasteiger charge is -2.20. The molecule has 1 aromatic carbocycles. The third-order valence-electron chi connectivity index (χ3n) is 4.71. The zero-order valence-electron chi connectivity index (χ0n) is 15.2. The van der Waals surface area contributed by atoms with Crippen LogP contribution in [-0.2, 0) is 4.74 Å². The fourth-order valence-electron chi connectivity index (χ4n) is 3.22. The fourth-order valence-corrected chi connectivity index (χ4v) is 3.47. The Labute approximate surface area is 170 Å². The van der Waals surface area contributed by atoms with Crippen LogP contribution in [0.3, 0.4) is 0 Å². The third kappa shape index (κ3) is 4.03. The largest absolute Gasteiger partial charge is 0.456 e. The van der Waals surface area contributed by atoms with Gasteiger partial charge in [-0.15, -0.1) is 0 Å². The molecule has 4 rings (SSSR count). The maximum absolute atomic E-state index is 11.2. The summed E-state index contributed by atoms with van der Waals surface area (Å²) in [6.45, 7) is -0.0835. The Morgan fingerprint density at radius 3 is 2.76 bits per heavy atom. The van der Waals surface area contributed by atoms with Gasteiger partial charge < -0.3 is 25.4 Å². The van der Waals surface area contributed by atoms with Gasteiger partial charge in [-0.1, -0.05) is 23.7 Å². The van der Waals surface area contributed by atoms with Gasteiger partial charge in [-0.3, -0.25) is 9.78 Å². The first-order valence-electron chi connectivity index (χ1n) is 8.98. The van der Waals surface area contributed by atoms with Crippen molar-refractivity contribution in [3.05, 3.63) is 40.9 Å². The molecular formula is C19H19ClN4O5. The molecule has 3 aromatic rings. The average Bonchev–Trinajstić information content (AvgIpc) is 3.30. The highest BCUT2D eigenvalue weighted by Gasteiger charge is 2.32. The van der Waals surface area contributed by atoms with Crippen LogP contribution in [0.15, 0.2) is 30.3 Å². The average molecular weight is 419 g/mol. The van der Waals surface area contributed by atoms with Gasteiger partial charge in [0.2, 0.25) is 5.91 Å². The highest BCUT2D eigenvalue weighted by atomic mass is 35.5. The number of H-pyrrole nitrogens is 1. The number of pyridine rings is 1. The Bertz CT molecular complexity index is 1040. The van der Waals surface area contributed by atoms with E-state index < -0.39 is 24.2 Å². The summed E-state index contributed by atoms with van der Waals surface area (Å²) in [6.07, 6.45) is -1.30. The molecule has 1 aliphatic rings. The molecule has 0 saturated carbocycles. The summed E-state index contributed by atoms with van der Waals surface area (Å²) in [5, 5.41) is 19.6. The highest BCUT2D eigenvalue weighted by Crippen LogP contribution is 2.30. The first kappa shape index (κ1) is 19.6. The van der Waals surface area contributed by atoms with E-state index in [-0.39, 0.29) is 19.2 Å². The molecule has 0 radical (unpaired) electrons. The van der Waals surface area contributed by atoms with Gasteiger partial charge in [-0.2, -0.15) is 4.98 Å². The number of rotatable bonds is 6. The first-order valence-corrected chi connectivity index (χ1v) is 9.36. The number of fused-ring (bicyclic) bond motifs is 1. The quantitative estimate of drug-likeness (QED) is 0.471. The number of imidazole rings is 1. The second-order valence-electron chi connectivity index (χ2n) is 6.77. The summed E-state index contributed by atoms with van der Waals surface area (Å²) < 4.78 is 11.2. The number of ether oxygens (including phenoxy) is 2. The second-order valence-corrected chi connectivity index (χ2v) is 7.18. The molecule has 29 heavy (non-hydrogen) atoms. The molecule has 0 spiro atoms. The predicted octanol–water partition coefficient (Wildman–Crippen LogP) is 1.27. The van der Waals surface area contributed by atoms with Crippen LogP contribution in [0.4, 0.5) is 0 Å². The summed E-state index contributed by atoms with van der Waals surface area (Å²) in [5.41, 5.74) is 7.81. The number of halogens is 1. The highest BCUT2D eigenvalue weighted by molar-refractivity contribution is 6.33. The van der Waals surface area contributed by atoms with Crippen LogP contribution in [0.1, 0.15) is 16.8 Å². The monoisotopic (exact) mass is 418 g/mol. The minimum atomic E-state index is -0.677. The molecule has 0 aliphatic carbocycles. The molecule has 1 aliphatic heterocycles. The second kappa shape index (κ2) is 7.96. The number of nitrogens with two attached hydrogens (primary N) is 1. The number of hydrogen-bond acceptors (Lipinski definition) is 7. The van der Waals surface area contributed by atoms with Crippen molar-refractivity contribution >= 4 is 28.7 Å². The van der Waals surface area contributed by atoms with E-state index in [9.17, 15) is 15.0 Å². The summed E-state index contributed by atoms with van der Waals surface area (Å²) in [7, 11) is 0. The number of primary amides is 1. The Morgan fingerprint density at radius 2 is 2.14 bits per heavy atom. The molecule has 3 heterocycles. The van der Waals surface area contributed by atoms with Crippen LogP contribution >= 0.6 is 11.6 Å². The fraction of sp³-hybridized carbons (Fsp3) is 0.316. The van der Waals surface area contributed by atoms with Crippen LogP contribution in [-0.4, -0.2) is 62.6 Å². The normalized spacial score (nSPS) is 20.1. The summed E-state index contributed by atoms with van der Waals surface area (Å²) in [4.78, 5) is 23.0. The van der Waals surface area contributed by atoms with Gasteiger partial charge in [-0.05, 0) is 18.2 Å². The number of aliphatic hydroxyl groups is 2. The van der Waals surface area contributed by atoms with Crippen molar-refractivity contribution in [2.24, 2.45) is 5.73 Å². The minimum absolute atomic E-state index is 0.161. The number of aliphatic hydroxyl groups excluding tert-OH is 2. The van der Waals surface area contributed by atoms with E-state index in [0.29, 0.717) is 39.4 Å². The zero-order valence-corrected chi connectivity index (χ0v) is 16.0. The number of nitrogens with one attached hydrogen (secondary N) is 1. The molecule has 5 N–H and O–H groups in total. The van der Waals surface area contributed by atoms with Gasteiger partial charge in [0.05, 0.1) is 36.1 Å². The maximum Gasteiger partial charge on any atom is 0.296 e. The van der Waals surface area contributed by atoms with Gasteiger partial charge in [0.25, 0.3) is 6.01 Å². The lowest BCUT2D eigenvalue weighted by molar-refractivity contribution is -0.0191. The lowest BCUT2D eigenvalue weighted by Crippen LogP contribution is -2.35. The summed E-state index contributed by atoms with van der Waals surface area (Å²) >= 11 is 6.37. The Hall–Kier alpha value is -2.72. The van der Waals surface area contributed by atoms with E-state index in [1.54, 1.807) is 30.3 Å². The Kier molecular flexibility index (Phi) is 5.37. The maximum atomic E-state index is 11.2. The van der Waals surface area contributed by atoms with Crippen LogP contribution in [0, 0.1) is 0 Å². The van der Waals surface area contributed by atoms with E-state index in [0.717, 1.165) is 0 Å². The number of amides is 1. The smallest absolute Gasteiger partial charge is 0.296 e. The van der Waals surface area contributed by atoms with Crippen molar-refractivity contribution in [2.45, 2.75) is 24.7 Å². The van der Waals surface area contributed by atoms with Crippen molar-refractivity contribution in [2.75, 3.05) is 13.2 Å². The van der Waals surface area contributed by atoms with Crippen molar-refractivity contribution < 1.29 is 24.5 Å². The van der Waals surface area contributed by atoms with Crippen molar-refractivity contribution in [1.29, 1.82) is 0 Å². The number of aromatic nitrogens is 3. The molecule has 152 valence electrons. The molecule has 9 nitrogen and oxygen atoms in total. The number of benzene rings is 1. The first-order chi connectivity index (χ1) is 13.9. The molecule has 1 amide bonds. The number of carbonyl (C=O) groups is 1. The third-order valence-corrected chi connectivity index (χ3v) is 5.00. The van der Waals surface area contributed by atoms with Gasteiger partial charge >= 0.3 is 0 Å². The lowest BCUT2D eigenvalue weighted by atomic mass is 10.1. The molecule has 0 bridgehead atoms. The van der Waals surface area contributed by atoms with E-state index in [4.69, 9.17) is 26.8 Å². The number of aromatic amines is 1. The molecular weight excluding hydrogens is 400 g/mol. The minimum Gasteiger partial charge on any atom is -0.456 e.